The van der Waals surface area contributed by atoms with Crippen LogP contribution in [0.2, 0.25) is 0 Å². The van der Waals surface area contributed by atoms with Gasteiger partial charge in [-0.05, 0) is 58.1 Å². The van der Waals surface area contributed by atoms with Gasteiger partial charge in [0.1, 0.15) is 0 Å². The molecule has 7 heteroatoms. The number of fused-ring (bicyclic) bond motifs is 1. The van der Waals surface area contributed by atoms with Gasteiger partial charge in [0, 0.05) is 16.3 Å². The third-order valence-electron chi connectivity index (χ3n) is 4.68. The average molecular weight is 343 g/mol. The smallest absolute Gasteiger partial charge is 0.165 e. The van der Waals surface area contributed by atoms with Crippen molar-refractivity contribution in [2.45, 2.75) is 37.9 Å². The molecule has 1 aliphatic heterocycles. The molecule has 0 spiro atoms. The number of nitrogens with zero attached hydrogens (tertiary/aromatic N) is 5. The Kier molecular flexibility index (Phi) is 3.31. The molecule has 0 radical (unpaired) electrons. The SMILES string of the molecule is c1csc([C@@H]2c3ccsc3CCN2Cc2nnnn2C2CC2)c1. The summed E-state index contributed by atoms with van der Waals surface area (Å²) < 4.78 is 2.04. The van der Waals surface area contributed by atoms with Crippen molar-refractivity contribution in [1.82, 2.24) is 25.1 Å². The van der Waals surface area contributed by atoms with E-state index in [1.165, 1.54) is 28.2 Å². The lowest BCUT2D eigenvalue weighted by molar-refractivity contribution is 0.200. The summed E-state index contributed by atoms with van der Waals surface area (Å²) in [5.41, 5.74) is 1.47. The second-order valence-corrected chi connectivity index (χ2v) is 8.19. The summed E-state index contributed by atoms with van der Waals surface area (Å²) in [6.07, 6.45) is 3.54. The zero-order valence-corrected chi connectivity index (χ0v) is 14.3. The molecular formula is C16H17N5S2. The van der Waals surface area contributed by atoms with Crippen LogP contribution in [0.15, 0.2) is 29.0 Å². The van der Waals surface area contributed by atoms with E-state index in [1.807, 2.05) is 27.4 Å². The van der Waals surface area contributed by atoms with Crippen molar-refractivity contribution in [2.75, 3.05) is 6.54 Å². The molecule has 1 aliphatic carbocycles. The Morgan fingerprint density at radius 2 is 2.13 bits per heavy atom. The Balaban J connectivity index is 1.50. The Morgan fingerprint density at radius 3 is 2.96 bits per heavy atom. The van der Waals surface area contributed by atoms with Gasteiger partial charge in [-0.1, -0.05) is 6.07 Å². The fourth-order valence-corrected chi connectivity index (χ4v) is 5.20. The van der Waals surface area contributed by atoms with Gasteiger partial charge in [0.25, 0.3) is 0 Å². The minimum absolute atomic E-state index is 0.342. The van der Waals surface area contributed by atoms with E-state index in [4.69, 9.17) is 0 Å². The number of aromatic nitrogens is 4. The van der Waals surface area contributed by atoms with E-state index >= 15 is 0 Å². The van der Waals surface area contributed by atoms with Gasteiger partial charge >= 0.3 is 0 Å². The fraction of sp³-hybridized carbons (Fsp3) is 0.438. The minimum atomic E-state index is 0.342. The van der Waals surface area contributed by atoms with Crippen LogP contribution in [0.25, 0.3) is 0 Å². The standard InChI is InChI=1S/C16H17N5S2/c1-2-14(22-8-1)16-12-6-9-23-13(12)5-7-20(16)10-15-17-18-19-21(15)11-3-4-11/h1-2,6,8-9,11,16H,3-5,7,10H2/t16-/m0/s1. The molecule has 1 saturated carbocycles. The first-order chi connectivity index (χ1) is 11.4. The maximum Gasteiger partial charge on any atom is 0.165 e. The van der Waals surface area contributed by atoms with Crippen LogP contribution in [-0.4, -0.2) is 31.7 Å². The summed E-state index contributed by atoms with van der Waals surface area (Å²) in [5.74, 6) is 1.01. The molecule has 3 aromatic rings. The van der Waals surface area contributed by atoms with Crippen molar-refractivity contribution in [3.8, 4) is 0 Å². The predicted molar refractivity (Wildman–Crippen MR) is 90.7 cm³/mol. The van der Waals surface area contributed by atoms with Crippen LogP contribution in [-0.2, 0) is 13.0 Å². The van der Waals surface area contributed by atoms with Crippen LogP contribution in [0.5, 0.6) is 0 Å². The lowest BCUT2D eigenvalue weighted by Crippen LogP contribution is -2.35. The highest BCUT2D eigenvalue weighted by atomic mass is 32.1. The second-order valence-electron chi connectivity index (χ2n) is 6.21. The maximum absolute atomic E-state index is 4.30. The van der Waals surface area contributed by atoms with Gasteiger partial charge in [0.05, 0.1) is 18.6 Å². The largest absolute Gasteiger partial charge is 0.284 e. The summed E-state index contributed by atoms with van der Waals surface area (Å²) in [4.78, 5) is 5.47. The summed E-state index contributed by atoms with van der Waals surface area (Å²) in [6.45, 7) is 1.88. The van der Waals surface area contributed by atoms with Gasteiger partial charge in [-0.2, -0.15) is 0 Å². The Morgan fingerprint density at radius 1 is 1.17 bits per heavy atom. The quantitative estimate of drug-likeness (QED) is 0.729. The molecule has 0 saturated heterocycles. The Hall–Kier alpha value is -1.57. The topological polar surface area (TPSA) is 46.8 Å². The lowest BCUT2D eigenvalue weighted by atomic mass is 9.98. The Bertz CT molecular complexity index is 802. The number of tetrazole rings is 1. The van der Waals surface area contributed by atoms with Gasteiger partial charge in [0.2, 0.25) is 0 Å². The third kappa shape index (κ3) is 2.43. The molecule has 0 bridgehead atoms. The second kappa shape index (κ2) is 5.51. The van der Waals surface area contributed by atoms with E-state index in [2.05, 4.69) is 49.4 Å². The van der Waals surface area contributed by atoms with Gasteiger partial charge < -0.3 is 0 Å². The van der Waals surface area contributed by atoms with E-state index in [-0.39, 0.29) is 0 Å². The monoisotopic (exact) mass is 343 g/mol. The normalized spacial score (nSPS) is 21.5. The van der Waals surface area contributed by atoms with Crippen LogP contribution in [0.3, 0.4) is 0 Å². The lowest BCUT2D eigenvalue weighted by Gasteiger charge is -2.34. The highest BCUT2D eigenvalue weighted by Crippen LogP contribution is 2.40. The first-order valence-electron chi connectivity index (χ1n) is 8.00. The first kappa shape index (κ1) is 13.8. The average Bonchev–Trinajstić information content (AvgIpc) is 3.01. The van der Waals surface area contributed by atoms with Crippen molar-refractivity contribution in [3.05, 3.63) is 50.1 Å². The number of hydrogen-bond donors (Lipinski definition) is 0. The van der Waals surface area contributed by atoms with Crippen molar-refractivity contribution in [1.29, 1.82) is 0 Å². The molecule has 4 heterocycles. The molecule has 0 aromatic carbocycles. The van der Waals surface area contributed by atoms with Crippen LogP contribution in [0.1, 0.15) is 46.1 Å². The molecule has 1 atom stereocenters. The van der Waals surface area contributed by atoms with Crippen LogP contribution < -0.4 is 0 Å². The van der Waals surface area contributed by atoms with Gasteiger partial charge in [-0.3, -0.25) is 4.90 Å². The van der Waals surface area contributed by atoms with Gasteiger partial charge in [-0.25, -0.2) is 4.68 Å². The molecule has 5 rings (SSSR count). The Labute approximate surface area is 142 Å². The summed E-state index contributed by atoms with van der Waals surface area (Å²) >= 11 is 3.73. The number of thiophene rings is 2. The molecule has 0 amide bonds. The van der Waals surface area contributed by atoms with Crippen LogP contribution in [0.4, 0.5) is 0 Å². The van der Waals surface area contributed by atoms with Crippen molar-refractivity contribution < 1.29 is 0 Å². The number of hydrogen-bond acceptors (Lipinski definition) is 6. The first-order valence-corrected chi connectivity index (χ1v) is 9.76. The van der Waals surface area contributed by atoms with Gasteiger partial charge in [-0.15, -0.1) is 27.8 Å². The van der Waals surface area contributed by atoms with E-state index < -0.39 is 0 Å². The zero-order chi connectivity index (χ0) is 15.2. The third-order valence-corrected chi connectivity index (χ3v) is 6.60. The molecule has 0 unspecified atom stereocenters. The molecule has 5 nitrogen and oxygen atoms in total. The van der Waals surface area contributed by atoms with E-state index in [0.717, 1.165) is 25.3 Å². The molecular weight excluding hydrogens is 326 g/mol. The highest BCUT2D eigenvalue weighted by Gasteiger charge is 2.33. The fourth-order valence-electron chi connectivity index (χ4n) is 3.42. The molecule has 23 heavy (non-hydrogen) atoms. The summed E-state index contributed by atoms with van der Waals surface area (Å²) in [6, 6.07) is 7.56. The summed E-state index contributed by atoms with van der Waals surface area (Å²) in [5, 5.41) is 16.8. The van der Waals surface area contributed by atoms with Crippen molar-refractivity contribution in [2.24, 2.45) is 0 Å². The molecule has 0 N–H and O–H groups in total. The molecule has 2 aliphatic rings. The zero-order valence-electron chi connectivity index (χ0n) is 12.6. The van der Waals surface area contributed by atoms with Crippen molar-refractivity contribution >= 4 is 22.7 Å². The highest BCUT2D eigenvalue weighted by molar-refractivity contribution is 7.10. The van der Waals surface area contributed by atoms with E-state index in [9.17, 15) is 0 Å². The molecule has 1 fully saturated rings. The van der Waals surface area contributed by atoms with E-state index in [1.54, 1.807) is 0 Å². The van der Waals surface area contributed by atoms with E-state index in [0.29, 0.717) is 12.1 Å². The predicted octanol–water partition coefficient (Wildman–Crippen LogP) is 3.28. The van der Waals surface area contributed by atoms with Gasteiger partial charge in [0.15, 0.2) is 5.82 Å². The summed E-state index contributed by atoms with van der Waals surface area (Å²) in [7, 11) is 0. The maximum atomic E-state index is 4.30. The van der Waals surface area contributed by atoms with Crippen LogP contribution in [0, 0.1) is 0 Å². The van der Waals surface area contributed by atoms with Crippen LogP contribution >= 0.6 is 22.7 Å². The number of rotatable bonds is 4. The van der Waals surface area contributed by atoms with Crippen molar-refractivity contribution in [3.63, 3.8) is 0 Å². The minimum Gasteiger partial charge on any atom is -0.284 e. The molecule has 3 aromatic heterocycles. The molecule has 118 valence electrons.